The van der Waals surface area contributed by atoms with Crippen molar-refractivity contribution in [2.75, 3.05) is 7.11 Å². The molecule has 1 N–H and O–H groups in total. The van der Waals surface area contributed by atoms with Crippen LogP contribution >= 0.6 is 0 Å². The smallest absolute Gasteiger partial charge is 0.192 e. The summed E-state index contributed by atoms with van der Waals surface area (Å²) in [6.45, 7) is 33.2. The molecule has 0 radical (unpaired) electrons. The van der Waals surface area contributed by atoms with Crippen LogP contribution in [-0.2, 0) is 38.1 Å². The van der Waals surface area contributed by atoms with E-state index in [1.807, 2.05) is 39.8 Å². The lowest BCUT2D eigenvalue weighted by Gasteiger charge is -2.51. The van der Waals surface area contributed by atoms with E-state index in [1.54, 1.807) is 7.11 Å². The Morgan fingerprint density at radius 2 is 0.970 bits per heavy atom. The molecule has 2 aliphatic heterocycles. The second kappa shape index (κ2) is 17.2. The van der Waals surface area contributed by atoms with Crippen LogP contribution in [0.4, 0.5) is 0 Å². The largest absolute Gasteiger partial charge is 0.497 e. The Balaban J connectivity index is 0.000000225. The third-order valence-corrected chi connectivity index (χ3v) is 26.0. The van der Waals surface area contributed by atoms with E-state index < -0.39 is 33.8 Å². The van der Waals surface area contributed by atoms with Gasteiger partial charge in [-0.2, -0.15) is 0 Å². The van der Waals surface area contributed by atoms with Gasteiger partial charge in [0.2, 0.25) is 0 Å². The molecule has 4 aliphatic carbocycles. The molecular weight excluding hydrogens is 861 g/mol. The zero-order valence-corrected chi connectivity index (χ0v) is 45.1. The summed E-state index contributed by atoms with van der Waals surface area (Å²) in [6.07, 6.45) is 5.37. The molecule has 9 nitrogen and oxygen atoms in total. The molecular formula is C55H82O9Si2. The number of methoxy groups -OCH3 is 1. The number of aliphatic hydroxyl groups excluding tert-OH is 1. The average Bonchev–Trinajstić information content (AvgIpc) is 3.88. The van der Waals surface area contributed by atoms with Crippen LogP contribution in [-0.4, -0.2) is 89.3 Å². The lowest BCUT2D eigenvalue weighted by atomic mass is 9.63. The molecule has 66 heavy (non-hydrogen) atoms. The summed E-state index contributed by atoms with van der Waals surface area (Å²) in [5.74, 6) is -0.339. The van der Waals surface area contributed by atoms with Crippen LogP contribution in [0.5, 0.6) is 5.75 Å². The van der Waals surface area contributed by atoms with E-state index in [4.69, 9.17) is 37.3 Å². The fourth-order valence-corrected chi connectivity index (χ4v) is 14.2. The average molecular weight is 943 g/mol. The van der Waals surface area contributed by atoms with Crippen molar-refractivity contribution in [1.29, 1.82) is 0 Å². The second-order valence-electron chi connectivity index (χ2n) is 24.9. The van der Waals surface area contributed by atoms with E-state index >= 15 is 0 Å². The number of rotatable bonds is 10. The number of aliphatic hydroxyl groups is 1. The first-order chi connectivity index (χ1) is 30.5. The molecule has 364 valence electrons. The number of fused-ring (bicyclic) bond motifs is 4. The van der Waals surface area contributed by atoms with Crippen LogP contribution in [0.1, 0.15) is 130 Å². The minimum atomic E-state index is -2.00. The molecule has 7 atom stereocenters. The monoisotopic (exact) mass is 943 g/mol. The third kappa shape index (κ3) is 9.22. The molecule has 6 aliphatic rings. The molecule has 3 aromatic rings. The van der Waals surface area contributed by atoms with E-state index in [1.165, 1.54) is 5.56 Å². The van der Waals surface area contributed by atoms with Gasteiger partial charge >= 0.3 is 0 Å². The fourth-order valence-electron chi connectivity index (χ4n) is 11.5. The summed E-state index contributed by atoms with van der Waals surface area (Å²) in [5.41, 5.74) is 3.77. The topological polar surface area (TPSA) is 94.1 Å². The molecule has 0 amide bonds. The maximum absolute atomic E-state index is 9.84. The van der Waals surface area contributed by atoms with Crippen LogP contribution in [0, 0.1) is 17.8 Å². The van der Waals surface area contributed by atoms with E-state index in [9.17, 15) is 5.11 Å². The zero-order valence-electron chi connectivity index (χ0n) is 43.1. The van der Waals surface area contributed by atoms with Gasteiger partial charge in [0, 0.05) is 10.8 Å². The van der Waals surface area contributed by atoms with Crippen LogP contribution in [0.25, 0.3) is 0 Å². The van der Waals surface area contributed by atoms with Gasteiger partial charge in [-0.05, 0) is 138 Å². The molecule has 3 aromatic carbocycles. The molecule has 2 saturated heterocycles. The Hall–Kier alpha value is -2.43. The Morgan fingerprint density at radius 1 is 0.561 bits per heavy atom. The van der Waals surface area contributed by atoms with Gasteiger partial charge in [-0.25, -0.2) is 0 Å². The Morgan fingerprint density at radius 3 is 1.38 bits per heavy atom. The molecule has 0 aromatic heterocycles. The van der Waals surface area contributed by atoms with Gasteiger partial charge in [-0.15, -0.1) is 0 Å². The van der Waals surface area contributed by atoms with Gasteiger partial charge in [-0.3, -0.25) is 0 Å². The highest BCUT2D eigenvalue weighted by Gasteiger charge is 2.68. The zero-order chi connectivity index (χ0) is 48.1. The van der Waals surface area contributed by atoms with Crippen molar-refractivity contribution < 1.29 is 42.4 Å². The van der Waals surface area contributed by atoms with Crippen LogP contribution < -0.4 is 4.74 Å². The predicted molar refractivity (Wildman–Crippen MR) is 266 cm³/mol. The highest BCUT2D eigenvalue weighted by Crippen LogP contribution is 2.63. The van der Waals surface area contributed by atoms with Crippen LogP contribution in [0.3, 0.4) is 0 Å². The van der Waals surface area contributed by atoms with Gasteiger partial charge < -0.3 is 42.4 Å². The second-order valence-corrected chi connectivity index (χ2v) is 34.4. The van der Waals surface area contributed by atoms with Crippen molar-refractivity contribution in [3.05, 3.63) is 101 Å². The van der Waals surface area contributed by atoms with Gasteiger partial charge in [0.05, 0.1) is 43.7 Å². The molecule has 2 spiro atoms. The normalized spacial score (nSPS) is 34.2. The quantitative estimate of drug-likeness (QED) is 0.157. The molecule has 4 saturated carbocycles. The summed E-state index contributed by atoms with van der Waals surface area (Å²) in [7, 11) is -2.14. The lowest BCUT2D eigenvalue weighted by molar-refractivity contribution is -0.207. The minimum Gasteiger partial charge on any atom is -0.497 e. The first-order valence-electron chi connectivity index (χ1n) is 24.7. The van der Waals surface area contributed by atoms with Crippen molar-refractivity contribution in [3.63, 3.8) is 0 Å². The summed E-state index contributed by atoms with van der Waals surface area (Å²) in [5, 5.41) is 10.2. The van der Waals surface area contributed by atoms with E-state index in [2.05, 4.69) is 141 Å². The highest BCUT2D eigenvalue weighted by molar-refractivity contribution is 6.74. The summed E-state index contributed by atoms with van der Waals surface area (Å²) >= 11 is 0. The van der Waals surface area contributed by atoms with Crippen molar-refractivity contribution in [2.24, 2.45) is 10.8 Å². The first-order valence-corrected chi connectivity index (χ1v) is 30.6. The van der Waals surface area contributed by atoms with E-state index in [0.717, 1.165) is 61.0 Å². The minimum absolute atomic E-state index is 0.00129. The number of hydrogen-bond donors (Lipinski definition) is 1. The third-order valence-electron chi connectivity index (χ3n) is 16.9. The first kappa shape index (κ1) is 50.0. The van der Waals surface area contributed by atoms with Crippen molar-refractivity contribution in [1.82, 2.24) is 0 Å². The van der Waals surface area contributed by atoms with Crippen LogP contribution in [0.15, 0.2) is 78.9 Å². The summed E-state index contributed by atoms with van der Waals surface area (Å²) < 4.78 is 52.4. The summed E-state index contributed by atoms with van der Waals surface area (Å²) in [6, 6.07) is 27.8. The summed E-state index contributed by atoms with van der Waals surface area (Å²) in [4.78, 5) is 0. The van der Waals surface area contributed by atoms with Crippen molar-refractivity contribution in [2.45, 2.75) is 217 Å². The molecule has 0 bridgehead atoms. The molecule has 1 unspecified atom stereocenters. The molecule has 2 heterocycles. The van der Waals surface area contributed by atoms with E-state index in [0.29, 0.717) is 0 Å². The van der Waals surface area contributed by atoms with Gasteiger partial charge in [0.25, 0.3) is 0 Å². The van der Waals surface area contributed by atoms with Gasteiger partial charge in [0.1, 0.15) is 23.6 Å². The Labute approximate surface area is 399 Å². The maximum Gasteiger partial charge on any atom is 0.192 e. The molecule has 11 heteroatoms. The van der Waals surface area contributed by atoms with E-state index in [-0.39, 0.29) is 69.7 Å². The standard InChI is InChI=1S/C38H50O5Si.C17H32O4Si/c1-26-15-17-28(18-16-26)38(27-13-11-10-12-14-27,29-19-21-30(39-7)22-20-29)40-31-23-37(24-31)25-32(43-44(8,9)35(2,3)4)33-34(37)42-36(5,6)41-33;1-15(2,3)22(6,7)21-12-10-17(8-11(18)9-17)14-13(12)19-16(4,5)20-14/h10-22,31-34H,23-25H2,1-9H3;11-14,18H,8-10H2,1-7H3/t31?,32-,33-,34-,37?,38?;11?,12-,13-,14-,17?/m00/s1. The van der Waals surface area contributed by atoms with Gasteiger partial charge in [0.15, 0.2) is 28.2 Å². The number of hydrogen-bond acceptors (Lipinski definition) is 9. The number of aryl methyl sites for hydroxylation is 1. The molecule has 9 rings (SSSR count). The van der Waals surface area contributed by atoms with Crippen molar-refractivity contribution in [3.8, 4) is 5.75 Å². The SMILES string of the molecule is CC1(C)O[C@H]2[C@@H](O[Si](C)(C)C(C)(C)C)CC3(CC(O)C3)[C@H]2O1.COc1ccc(C(OC2CC3(C2)C[C@H](O[Si](C)(C)C(C)(C)C)[C@@H]2OC(C)(C)O[C@@H]23)(c2ccccc2)c2ccc(C)cc2)cc1. The van der Waals surface area contributed by atoms with Crippen LogP contribution in [0.2, 0.25) is 36.3 Å². The number of benzene rings is 3. The Kier molecular flexibility index (Phi) is 13.0. The highest BCUT2D eigenvalue weighted by atomic mass is 28.4. The fraction of sp³-hybridized carbons (Fsp3) is 0.673. The Bertz CT molecular complexity index is 2150. The lowest BCUT2D eigenvalue weighted by Crippen LogP contribution is -2.52. The van der Waals surface area contributed by atoms with Gasteiger partial charge in [-0.1, -0.05) is 114 Å². The van der Waals surface area contributed by atoms with Crippen molar-refractivity contribution >= 4 is 16.6 Å². The number of ether oxygens (including phenoxy) is 6. The molecule has 6 fully saturated rings. The predicted octanol–water partition coefficient (Wildman–Crippen LogP) is 12.2. The maximum atomic E-state index is 9.84.